The Hall–Kier alpha value is -0.820. The second-order valence-electron chi connectivity index (χ2n) is 4.68. The summed E-state index contributed by atoms with van der Waals surface area (Å²) in [6.07, 6.45) is 1.28. The Balaban J connectivity index is 2.07. The minimum absolute atomic E-state index is 0.603. The summed E-state index contributed by atoms with van der Waals surface area (Å²) in [5.41, 5.74) is 2.87. The molecule has 0 aliphatic carbocycles. The van der Waals surface area contributed by atoms with E-state index in [4.69, 9.17) is 0 Å². The first-order valence-electron chi connectivity index (χ1n) is 5.52. The third-order valence-corrected chi connectivity index (χ3v) is 3.08. The van der Waals surface area contributed by atoms with Crippen LogP contribution in [0.25, 0.3) is 0 Å². The predicted octanol–water partition coefficient (Wildman–Crippen LogP) is 3.23. The zero-order chi connectivity index (χ0) is 10.1. The summed E-state index contributed by atoms with van der Waals surface area (Å²) >= 11 is 0. The van der Waals surface area contributed by atoms with Gasteiger partial charge in [-0.05, 0) is 30.4 Å². The van der Waals surface area contributed by atoms with E-state index in [0.29, 0.717) is 18.0 Å². The summed E-state index contributed by atoms with van der Waals surface area (Å²) in [6, 6.07) is 10.3. The van der Waals surface area contributed by atoms with E-state index >= 15 is 0 Å². The minimum atomic E-state index is 0.603. The van der Waals surface area contributed by atoms with Crippen molar-refractivity contribution >= 4 is 0 Å². The molecule has 1 heteroatoms. The molecule has 1 aliphatic rings. The van der Waals surface area contributed by atoms with Crippen molar-refractivity contribution in [2.24, 2.45) is 0 Å². The van der Waals surface area contributed by atoms with Crippen LogP contribution >= 0.6 is 0 Å². The SMILES string of the molecule is CC1CC(c2ccc(C(C)C)cc2)N1. The zero-order valence-electron chi connectivity index (χ0n) is 9.25. The number of rotatable bonds is 2. The normalized spacial score (nSPS) is 26.3. The van der Waals surface area contributed by atoms with Gasteiger partial charge in [-0.3, -0.25) is 0 Å². The third-order valence-electron chi connectivity index (χ3n) is 3.08. The van der Waals surface area contributed by atoms with E-state index in [1.807, 2.05) is 0 Å². The molecule has 0 aromatic heterocycles. The number of benzene rings is 1. The second kappa shape index (κ2) is 3.74. The Morgan fingerprint density at radius 1 is 1.21 bits per heavy atom. The van der Waals surface area contributed by atoms with E-state index in [9.17, 15) is 0 Å². The molecule has 1 aliphatic heterocycles. The quantitative estimate of drug-likeness (QED) is 0.753. The van der Waals surface area contributed by atoms with Gasteiger partial charge in [-0.2, -0.15) is 0 Å². The smallest absolute Gasteiger partial charge is 0.0337 e. The standard InChI is InChI=1S/C13H19N/c1-9(2)11-4-6-12(7-5-11)13-8-10(3)14-13/h4-7,9-10,13-14H,8H2,1-3H3. The Morgan fingerprint density at radius 2 is 1.79 bits per heavy atom. The number of hydrogen-bond donors (Lipinski definition) is 1. The fourth-order valence-electron chi connectivity index (χ4n) is 2.02. The van der Waals surface area contributed by atoms with Crippen molar-refractivity contribution in [3.05, 3.63) is 35.4 Å². The molecular weight excluding hydrogens is 170 g/mol. The summed E-state index contributed by atoms with van der Waals surface area (Å²) in [4.78, 5) is 0. The maximum atomic E-state index is 3.51. The lowest BCUT2D eigenvalue weighted by Gasteiger charge is -2.35. The van der Waals surface area contributed by atoms with Crippen LogP contribution in [0.1, 0.15) is 50.3 Å². The molecule has 1 aromatic rings. The van der Waals surface area contributed by atoms with Crippen LogP contribution in [0.15, 0.2) is 24.3 Å². The van der Waals surface area contributed by atoms with E-state index in [1.54, 1.807) is 0 Å². The van der Waals surface area contributed by atoms with Crippen molar-refractivity contribution in [3.63, 3.8) is 0 Å². The molecule has 2 atom stereocenters. The minimum Gasteiger partial charge on any atom is -0.307 e. The highest BCUT2D eigenvalue weighted by Gasteiger charge is 2.25. The first-order chi connectivity index (χ1) is 6.66. The largest absolute Gasteiger partial charge is 0.307 e. The molecule has 0 bridgehead atoms. The Kier molecular flexibility index (Phi) is 2.60. The number of hydrogen-bond acceptors (Lipinski definition) is 1. The van der Waals surface area contributed by atoms with Gasteiger partial charge in [0.1, 0.15) is 0 Å². The molecule has 76 valence electrons. The van der Waals surface area contributed by atoms with Crippen LogP contribution in [0.5, 0.6) is 0 Å². The molecule has 2 rings (SSSR count). The van der Waals surface area contributed by atoms with Crippen molar-refractivity contribution < 1.29 is 0 Å². The molecule has 1 saturated heterocycles. The monoisotopic (exact) mass is 189 g/mol. The highest BCUT2D eigenvalue weighted by Crippen LogP contribution is 2.28. The molecule has 2 unspecified atom stereocenters. The van der Waals surface area contributed by atoms with E-state index in [0.717, 1.165) is 0 Å². The Bertz CT molecular complexity index is 294. The summed E-state index contributed by atoms with van der Waals surface area (Å²) in [5.74, 6) is 0.636. The van der Waals surface area contributed by atoms with Crippen LogP contribution in [-0.2, 0) is 0 Å². The molecule has 0 radical (unpaired) electrons. The molecular formula is C13H19N. The maximum Gasteiger partial charge on any atom is 0.0337 e. The number of nitrogens with one attached hydrogen (secondary N) is 1. The summed E-state index contributed by atoms with van der Waals surface area (Å²) < 4.78 is 0. The first-order valence-corrected chi connectivity index (χ1v) is 5.52. The van der Waals surface area contributed by atoms with E-state index in [1.165, 1.54) is 17.5 Å². The van der Waals surface area contributed by atoms with Crippen LogP contribution in [0.4, 0.5) is 0 Å². The highest BCUT2D eigenvalue weighted by atomic mass is 15.0. The summed E-state index contributed by atoms with van der Waals surface area (Å²) in [7, 11) is 0. The average Bonchev–Trinajstić information content (AvgIpc) is 2.13. The van der Waals surface area contributed by atoms with Crippen molar-refractivity contribution in [1.29, 1.82) is 0 Å². The highest BCUT2D eigenvalue weighted by molar-refractivity contribution is 5.28. The van der Waals surface area contributed by atoms with Gasteiger partial charge in [-0.15, -0.1) is 0 Å². The lowest BCUT2D eigenvalue weighted by molar-refractivity contribution is 0.288. The van der Waals surface area contributed by atoms with E-state index in [2.05, 4.69) is 50.4 Å². The zero-order valence-corrected chi connectivity index (χ0v) is 9.25. The second-order valence-corrected chi connectivity index (χ2v) is 4.68. The van der Waals surface area contributed by atoms with E-state index < -0.39 is 0 Å². The molecule has 1 N–H and O–H groups in total. The molecule has 14 heavy (non-hydrogen) atoms. The van der Waals surface area contributed by atoms with Crippen LogP contribution in [-0.4, -0.2) is 6.04 Å². The molecule has 0 amide bonds. The van der Waals surface area contributed by atoms with Crippen LogP contribution in [0.2, 0.25) is 0 Å². The van der Waals surface area contributed by atoms with Gasteiger partial charge in [0.25, 0.3) is 0 Å². The topological polar surface area (TPSA) is 12.0 Å². The fourth-order valence-corrected chi connectivity index (χ4v) is 2.02. The van der Waals surface area contributed by atoms with Crippen molar-refractivity contribution in [3.8, 4) is 0 Å². The van der Waals surface area contributed by atoms with Crippen molar-refractivity contribution in [2.45, 2.75) is 45.2 Å². The van der Waals surface area contributed by atoms with Gasteiger partial charge in [-0.25, -0.2) is 0 Å². The van der Waals surface area contributed by atoms with Gasteiger partial charge in [0.05, 0.1) is 0 Å². The molecule has 1 heterocycles. The maximum absolute atomic E-state index is 3.51. The first kappa shape index (κ1) is 9.72. The van der Waals surface area contributed by atoms with Crippen LogP contribution in [0.3, 0.4) is 0 Å². The molecule has 0 saturated carbocycles. The van der Waals surface area contributed by atoms with Gasteiger partial charge in [0.2, 0.25) is 0 Å². The van der Waals surface area contributed by atoms with Crippen LogP contribution < -0.4 is 5.32 Å². The van der Waals surface area contributed by atoms with Crippen molar-refractivity contribution in [1.82, 2.24) is 5.32 Å². The fraction of sp³-hybridized carbons (Fsp3) is 0.538. The van der Waals surface area contributed by atoms with Gasteiger partial charge < -0.3 is 5.32 Å². The lowest BCUT2D eigenvalue weighted by atomic mass is 9.90. The average molecular weight is 189 g/mol. The summed E-state index contributed by atoms with van der Waals surface area (Å²) in [6.45, 7) is 6.70. The molecule has 1 fully saturated rings. The summed E-state index contributed by atoms with van der Waals surface area (Å²) in [5, 5.41) is 3.51. The van der Waals surface area contributed by atoms with Crippen molar-refractivity contribution in [2.75, 3.05) is 0 Å². The molecule has 1 nitrogen and oxygen atoms in total. The van der Waals surface area contributed by atoms with Crippen LogP contribution in [0, 0.1) is 0 Å². The lowest BCUT2D eigenvalue weighted by Crippen LogP contribution is -2.43. The molecule has 1 aromatic carbocycles. The third kappa shape index (κ3) is 1.83. The Morgan fingerprint density at radius 3 is 2.21 bits per heavy atom. The van der Waals surface area contributed by atoms with Gasteiger partial charge >= 0.3 is 0 Å². The Labute approximate surface area is 86.5 Å². The predicted molar refractivity (Wildman–Crippen MR) is 60.5 cm³/mol. The van der Waals surface area contributed by atoms with Gasteiger partial charge in [-0.1, -0.05) is 38.1 Å². The van der Waals surface area contributed by atoms with Gasteiger partial charge in [0, 0.05) is 12.1 Å². The van der Waals surface area contributed by atoms with Gasteiger partial charge in [0.15, 0.2) is 0 Å². The molecule has 0 spiro atoms. The van der Waals surface area contributed by atoms with E-state index in [-0.39, 0.29) is 0 Å².